The lowest BCUT2D eigenvalue weighted by atomic mass is 10.0. The number of rotatable bonds is 3. The summed E-state index contributed by atoms with van der Waals surface area (Å²) in [6.45, 7) is 1.43. The molecular formula is C7H12O3. The summed E-state index contributed by atoms with van der Waals surface area (Å²) in [5.41, 5.74) is 0. The molecule has 0 unspecified atom stereocenters. The first kappa shape index (κ1) is 7.69. The van der Waals surface area contributed by atoms with Crippen molar-refractivity contribution in [3.8, 4) is 0 Å². The number of aldehydes is 1. The second kappa shape index (κ2) is 3.68. The highest BCUT2D eigenvalue weighted by atomic mass is 16.5. The van der Waals surface area contributed by atoms with Crippen LogP contribution in [0.1, 0.15) is 6.42 Å². The molecule has 1 heterocycles. The van der Waals surface area contributed by atoms with E-state index in [2.05, 4.69) is 0 Å². The van der Waals surface area contributed by atoms with Gasteiger partial charge < -0.3 is 14.3 Å². The van der Waals surface area contributed by atoms with E-state index in [1.807, 2.05) is 0 Å². The van der Waals surface area contributed by atoms with Crippen molar-refractivity contribution in [3.63, 3.8) is 0 Å². The quantitative estimate of drug-likeness (QED) is 0.532. The number of hydrogen-bond donors (Lipinski definition) is 0. The van der Waals surface area contributed by atoms with Gasteiger partial charge >= 0.3 is 0 Å². The van der Waals surface area contributed by atoms with E-state index in [-0.39, 0.29) is 12.0 Å². The zero-order valence-corrected chi connectivity index (χ0v) is 6.08. The molecule has 0 aromatic rings. The highest BCUT2D eigenvalue weighted by Crippen LogP contribution is 2.16. The summed E-state index contributed by atoms with van der Waals surface area (Å²) in [6.07, 6.45) is 1.53. The van der Waals surface area contributed by atoms with Crippen molar-refractivity contribution in [1.29, 1.82) is 0 Å². The lowest BCUT2D eigenvalue weighted by molar-refractivity contribution is -0.119. The standard InChI is InChI=1S/C7H12O3/c1-9-7(4-8)6-2-3-10-5-6/h4,6-7H,2-3,5H2,1H3/t6-,7-/m1/s1. The first-order valence-electron chi connectivity index (χ1n) is 3.44. The molecule has 0 aliphatic carbocycles. The van der Waals surface area contributed by atoms with E-state index in [1.165, 1.54) is 0 Å². The van der Waals surface area contributed by atoms with Gasteiger partial charge in [0.1, 0.15) is 12.4 Å². The van der Waals surface area contributed by atoms with Crippen LogP contribution in [0.5, 0.6) is 0 Å². The summed E-state index contributed by atoms with van der Waals surface area (Å²) in [7, 11) is 1.55. The van der Waals surface area contributed by atoms with Crippen molar-refractivity contribution < 1.29 is 14.3 Å². The van der Waals surface area contributed by atoms with Crippen molar-refractivity contribution in [2.45, 2.75) is 12.5 Å². The fourth-order valence-electron chi connectivity index (χ4n) is 1.17. The zero-order chi connectivity index (χ0) is 7.40. The SMILES string of the molecule is CO[C@H](C=O)[C@@H]1CCOC1. The smallest absolute Gasteiger partial charge is 0.149 e. The van der Waals surface area contributed by atoms with E-state index in [4.69, 9.17) is 9.47 Å². The first-order valence-corrected chi connectivity index (χ1v) is 3.44. The summed E-state index contributed by atoms with van der Waals surface area (Å²) in [6, 6.07) is 0. The molecule has 0 aromatic heterocycles. The molecule has 2 atom stereocenters. The molecule has 3 heteroatoms. The van der Waals surface area contributed by atoms with Gasteiger partial charge in [-0.2, -0.15) is 0 Å². The Balaban J connectivity index is 2.36. The molecule has 1 aliphatic heterocycles. The third-order valence-electron chi connectivity index (χ3n) is 1.84. The Kier molecular flexibility index (Phi) is 2.83. The van der Waals surface area contributed by atoms with Crippen LogP contribution in [0, 0.1) is 5.92 Å². The summed E-state index contributed by atoms with van der Waals surface area (Å²) in [5, 5.41) is 0. The average Bonchev–Trinajstić information content (AvgIpc) is 2.43. The Hall–Kier alpha value is -0.410. The van der Waals surface area contributed by atoms with E-state index in [0.29, 0.717) is 6.61 Å². The summed E-state index contributed by atoms with van der Waals surface area (Å²) in [5.74, 6) is 0.280. The molecule has 0 radical (unpaired) electrons. The van der Waals surface area contributed by atoms with Crippen molar-refractivity contribution in [2.24, 2.45) is 5.92 Å². The third kappa shape index (κ3) is 1.55. The molecule has 58 valence electrons. The summed E-state index contributed by atoms with van der Waals surface area (Å²) >= 11 is 0. The van der Waals surface area contributed by atoms with Gasteiger partial charge in [0.25, 0.3) is 0 Å². The lowest BCUT2D eigenvalue weighted by Gasteiger charge is -2.13. The van der Waals surface area contributed by atoms with Crippen LogP contribution in [0.2, 0.25) is 0 Å². The Morgan fingerprint density at radius 1 is 1.80 bits per heavy atom. The fourth-order valence-corrected chi connectivity index (χ4v) is 1.17. The Morgan fingerprint density at radius 2 is 2.60 bits per heavy atom. The number of methoxy groups -OCH3 is 1. The maximum atomic E-state index is 10.3. The normalized spacial score (nSPS) is 28.3. The predicted molar refractivity (Wildman–Crippen MR) is 35.8 cm³/mol. The minimum Gasteiger partial charge on any atom is -0.381 e. The molecule has 0 amide bonds. The maximum Gasteiger partial charge on any atom is 0.149 e. The number of hydrogen-bond acceptors (Lipinski definition) is 3. The molecule has 3 nitrogen and oxygen atoms in total. The third-order valence-corrected chi connectivity index (χ3v) is 1.84. The van der Waals surface area contributed by atoms with Gasteiger partial charge in [0.2, 0.25) is 0 Å². The van der Waals surface area contributed by atoms with Gasteiger partial charge in [0, 0.05) is 19.6 Å². The molecule has 1 fully saturated rings. The van der Waals surface area contributed by atoms with Crippen molar-refractivity contribution >= 4 is 6.29 Å². The lowest BCUT2D eigenvalue weighted by Crippen LogP contribution is -2.24. The van der Waals surface area contributed by atoms with Crippen LogP contribution in [-0.2, 0) is 14.3 Å². The van der Waals surface area contributed by atoms with E-state index in [1.54, 1.807) is 7.11 Å². The largest absolute Gasteiger partial charge is 0.381 e. The molecule has 1 rings (SSSR count). The Morgan fingerprint density at radius 3 is 3.00 bits per heavy atom. The van der Waals surface area contributed by atoms with Crippen LogP contribution in [0.25, 0.3) is 0 Å². The molecule has 0 saturated carbocycles. The van der Waals surface area contributed by atoms with Gasteiger partial charge in [-0.05, 0) is 6.42 Å². The highest BCUT2D eigenvalue weighted by molar-refractivity contribution is 5.56. The van der Waals surface area contributed by atoms with Gasteiger partial charge in [-0.3, -0.25) is 0 Å². The average molecular weight is 144 g/mol. The Bertz CT molecular complexity index is 107. The molecule has 0 spiro atoms. The molecule has 1 saturated heterocycles. The van der Waals surface area contributed by atoms with Crippen LogP contribution in [-0.4, -0.2) is 32.7 Å². The molecule has 0 bridgehead atoms. The van der Waals surface area contributed by atoms with Crippen LogP contribution in [0.4, 0.5) is 0 Å². The highest BCUT2D eigenvalue weighted by Gasteiger charge is 2.24. The van der Waals surface area contributed by atoms with Crippen LogP contribution in [0.15, 0.2) is 0 Å². The molecule has 0 N–H and O–H groups in total. The summed E-state index contributed by atoms with van der Waals surface area (Å²) in [4.78, 5) is 10.3. The van der Waals surface area contributed by atoms with Crippen LogP contribution < -0.4 is 0 Å². The van der Waals surface area contributed by atoms with Gasteiger partial charge in [-0.15, -0.1) is 0 Å². The van der Waals surface area contributed by atoms with Crippen LogP contribution >= 0.6 is 0 Å². The topological polar surface area (TPSA) is 35.5 Å². The van der Waals surface area contributed by atoms with Gasteiger partial charge in [0.05, 0.1) is 6.61 Å². The molecular weight excluding hydrogens is 132 g/mol. The van der Waals surface area contributed by atoms with Gasteiger partial charge in [0.15, 0.2) is 0 Å². The van der Waals surface area contributed by atoms with E-state index >= 15 is 0 Å². The second-order valence-corrected chi connectivity index (χ2v) is 2.46. The fraction of sp³-hybridized carbons (Fsp3) is 0.857. The number of ether oxygens (including phenoxy) is 2. The molecule has 0 aromatic carbocycles. The monoisotopic (exact) mass is 144 g/mol. The van der Waals surface area contributed by atoms with Gasteiger partial charge in [-0.25, -0.2) is 0 Å². The Labute approximate surface area is 60.3 Å². The molecule has 1 aliphatic rings. The minimum absolute atomic E-state index is 0.262. The minimum atomic E-state index is -0.262. The van der Waals surface area contributed by atoms with E-state index in [9.17, 15) is 4.79 Å². The maximum absolute atomic E-state index is 10.3. The summed E-state index contributed by atoms with van der Waals surface area (Å²) < 4.78 is 10.0. The number of carbonyl (C=O) groups is 1. The van der Waals surface area contributed by atoms with Crippen molar-refractivity contribution in [1.82, 2.24) is 0 Å². The predicted octanol–water partition coefficient (Wildman–Crippen LogP) is 0.237. The van der Waals surface area contributed by atoms with Gasteiger partial charge in [-0.1, -0.05) is 0 Å². The van der Waals surface area contributed by atoms with E-state index < -0.39 is 0 Å². The number of carbonyl (C=O) groups excluding carboxylic acids is 1. The van der Waals surface area contributed by atoms with Crippen molar-refractivity contribution in [2.75, 3.05) is 20.3 Å². The van der Waals surface area contributed by atoms with E-state index in [0.717, 1.165) is 19.3 Å². The second-order valence-electron chi connectivity index (χ2n) is 2.46. The van der Waals surface area contributed by atoms with Crippen molar-refractivity contribution in [3.05, 3.63) is 0 Å². The molecule has 10 heavy (non-hydrogen) atoms. The first-order chi connectivity index (χ1) is 4.88. The van der Waals surface area contributed by atoms with Crippen LogP contribution in [0.3, 0.4) is 0 Å². The zero-order valence-electron chi connectivity index (χ0n) is 6.08.